The van der Waals surface area contributed by atoms with Crippen LogP contribution in [-0.2, 0) is 4.79 Å². The van der Waals surface area contributed by atoms with Gasteiger partial charge in [-0.2, -0.15) is 8.78 Å². The van der Waals surface area contributed by atoms with Crippen molar-refractivity contribution in [3.05, 3.63) is 35.5 Å². The molecule has 0 heterocycles. The number of carbonyl (C=O) groups is 1. The smallest absolute Gasteiger partial charge is 0.255 e. The third-order valence-corrected chi connectivity index (χ3v) is 1.31. The number of hydrogen-bond donors (Lipinski definition) is 0. The Balaban J connectivity index is 3.32. The molecule has 0 aromatic rings. The van der Waals surface area contributed by atoms with E-state index in [9.17, 15) is 22.4 Å². The highest BCUT2D eigenvalue weighted by atomic mass is 19.2. The Kier molecular flexibility index (Phi) is 1.87. The van der Waals surface area contributed by atoms with Crippen molar-refractivity contribution in [1.29, 1.82) is 0 Å². The first-order chi connectivity index (χ1) is 5.46. The van der Waals surface area contributed by atoms with E-state index in [-0.39, 0.29) is 0 Å². The summed E-state index contributed by atoms with van der Waals surface area (Å²) >= 11 is 0. The quantitative estimate of drug-likeness (QED) is 0.520. The zero-order chi connectivity index (χ0) is 9.46. The van der Waals surface area contributed by atoms with Crippen LogP contribution in [0.15, 0.2) is 35.5 Å². The minimum absolute atomic E-state index is 1.08. The fraction of sp³-hybridized carbons (Fsp3) is 0. The van der Waals surface area contributed by atoms with Gasteiger partial charge in [-0.25, -0.2) is 8.78 Å². The molecule has 0 aromatic carbocycles. The van der Waals surface area contributed by atoms with E-state index in [4.69, 9.17) is 0 Å². The molecule has 1 aliphatic rings. The third-order valence-electron chi connectivity index (χ3n) is 1.31. The Morgan fingerprint density at radius 2 is 1.17 bits per heavy atom. The standard InChI is InChI=1S/C7H2F4O/c1-2-3(8)5(10)7(12)6(11)4(2)9/h1H2. The number of hydrogen-bond acceptors (Lipinski definition) is 1. The molecule has 0 N–H and O–H groups in total. The molecule has 5 heteroatoms. The summed E-state index contributed by atoms with van der Waals surface area (Å²) in [6.45, 7) is 2.71. The summed E-state index contributed by atoms with van der Waals surface area (Å²) in [7, 11) is 0. The monoisotopic (exact) mass is 178 g/mol. The van der Waals surface area contributed by atoms with Gasteiger partial charge in [0.05, 0.1) is 0 Å². The molecule has 0 saturated heterocycles. The highest BCUT2D eigenvalue weighted by molar-refractivity contribution is 6.08. The lowest BCUT2D eigenvalue weighted by Crippen LogP contribution is -2.10. The van der Waals surface area contributed by atoms with Crippen LogP contribution in [-0.4, -0.2) is 5.78 Å². The maximum absolute atomic E-state index is 12.4. The number of carbonyl (C=O) groups excluding carboxylic acids is 1. The Labute approximate surface area is 64.7 Å². The lowest BCUT2D eigenvalue weighted by molar-refractivity contribution is -0.115. The largest absolute Gasteiger partial charge is 0.283 e. The summed E-state index contributed by atoms with van der Waals surface area (Å²) in [5, 5.41) is 0. The van der Waals surface area contributed by atoms with Crippen molar-refractivity contribution >= 4 is 5.78 Å². The Morgan fingerprint density at radius 3 is 1.50 bits per heavy atom. The zero-order valence-corrected chi connectivity index (χ0v) is 5.63. The Hall–Kier alpha value is -1.39. The normalized spacial score (nSPS) is 19.3. The van der Waals surface area contributed by atoms with E-state index in [1.165, 1.54) is 0 Å². The lowest BCUT2D eigenvalue weighted by Gasteiger charge is -2.07. The molecule has 0 spiro atoms. The number of halogens is 4. The fourth-order valence-electron chi connectivity index (χ4n) is 0.657. The van der Waals surface area contributed by atoms with Crippen LogP contribution in [0.1, 0.15) is 0 Å². The summed E-state index contributed by atoms with van der Waals surface area (Å²) in [5.41, 5.74) is -1.08. The van der Waals surface area contributed by atoms with Crippen LogP contribution in [0.3, 0.4) is 0 Å². The molecule has 1 nitrogen and oxygen atoms in total. The first-order valence-corrected chi connectivity index (χ1v) is 2.81. The fourth-order valence-corrected chi connectivity index (χ4v) is 0.657. The van der Waals surface area contributed by atoms with Crippen LogP contribution in [0.25, 0.3) is 0 Å². The van der Waals surface area contributed by atoms with E-state index >= 15 is 0 Å². The molecule has 0 atom stereocenters. The van der Waals surface area contributed by atoms with E-state index in [1.54, 1.807) is 0 Å². The molecule has 0 aliphatic heterocycles. The van der Waals surface area contributed by atoms with Gasteiger partial charge in [0.25, 0.3) is 5.78 Å². The summed E-state index contributed by atoms with van der Waals surface area (Å²) < 4.78 is 49.4. The molecule has 1 rings (SSSR count). The van der Waals surface area contributed by atoms with Gasteiger partial charge in [0.1, 0.15) is 0 Å². The summed E-state index contributed by atoms with van der Waals surface area (Å²) in [6, 6.07) is 0. The maximum Gasteiger partial charge on any atom is 0.255 e. The van der Waals surface area contributed by atoms with Crippen molar-refractivity contribution in [3.8, 4) is 0 Å². The van der Waals surface area contributed by atoms with Crippen LogP contribution in [0.4, 0.5) is 17.6 Å². The van der Waals surface area contributed by atoms with E-state index in [2.05, 4.69) is 6.58 Å². The number of allylic oxidation sites excluding steroid dienone is 5. The molecule has 0 saturated carbocycles. The van der Waals surface area contributed by atoms with Gasteiger partial charge in [0.2, 0.25) is 11.7 Å². The molecule has 0 bridgehead atoms. The highest BCUT2D eigenvalue weighted by Gasteiger charge is 2.32. The van der Waals surface area contributed by atoms with E-state index in [0.29, 0.717) is 0 Å². The van der Waals surface area contributed by atoms with E-state index < -0.39 is 34.7 Å². The predicted molar refractivity (Wildman–Crippen MR) is 32.6 cm³/mol. The molecule has 0 amide bonds. The van der Waals surface area contributed by atoms with Crippen LogP contribution < -0.4 is 0 Å². The van der Waals surface area contributed by atoms with Gasteiger partial charge in [-0.3, -0.25) is 4.79 Å². The van der Waals surface area contributed by atoms with Crippen LogP contribution >= 0.6 is 0 Å². The minimum Gasteiger partial charge on any atom is -0.283 e. The van der Waals surface area contributed by atoms with Gasteiger partial charge in [-0.15, -0.1) is 0 Å². The SMILES string of the molecule is C=C1C(F)=C(F)C(=O)C(F)=C1F. The van der Waals surface area contributed by atoms with Crippen molar-refractivity contribution in [3.63, 3.8) is 0 Å². The number of ketones is 1. The van der Waals surface area contributed by atoms with Gasteiger partial charge >= 0.3 is 0 Å². The topological polar surface area (TPSA) is 17.1 Å². The molecular formula is C7H2F4O. The Morgan fingerprint density at radius 1 is 0.833 bits per heavy atom. The van der Waals surface area contributed by atoms with Crippen molar-refractivity contribution < 1.29 is 22.4 Å². The van der Waals surface area contributed by atoms with Crippen molar-refractivity contribution in [2.75, 3.05) is 0 Å². The van der Waals surface area contributed by atoms with Crippen LogP contribution in [0, 0.1) is 0 Å². The zero-order valence-electron chi connectivity index (χ0n) is 5.63. The second kappa shape index (κ2) is 2.58. The van der Waals surface area contributed by atoms with Crippen molar-refractivity contribution in [1.82, 2.24) is 0 Å². The molecule has 64 valence electrons. The van der Waals surface area contributed by atoms with Gasteiger partial charge in [-0.05, 0) is 0 Å². The molecule has 0 radical (unpaired) electrons. The molecule has 0 aromatic heterocycles. The second-order valence-corrected chi connectivity index (χ2v) is 2.06. The second-order valence-electron chi connectivity index (χ2n) is 2.06. The molecular weight excluding hydrogens is 176 g/mol. The molecule has 1 aliphatic carbocycles. The maximum atomic E-state index is 12.4. The first kappa shape index (κ1) is 8.70. The van der Waals surface area contributed by atoms with E-state index in [0.717, 1.165) is 0 Å². The molecule has 12 heavy (non-hydrogen) atoms. The predicted octanol–water partition coefficient (Wildman–Crippen LogP) is 2.43. The van der Waals surface area contributed by atoms with Crippen molar-refractivity contribution in [2.24, 2.45) is 0 Å². The van der Waals surface area contributed by atoms with Gasteiger partial charge in [-0.1, -0.05) is 6.58 Å². The first-order valence-electron chi connectivity index (χ1n) is 2.81. The number of Topliss-reactive ketones (excluding diaryl/α,β-unsaturated/α-hetero) is 1. The summed E-state index contributed by atoms with van der Waals surface area (Å²) in [4.78, 5) is 10.3. The van der Waals surface area contributed by atoms with Gasteiger partial charge < -0.3 is 0 Å². The summed E-state index contributed by atoms with van der Waals surface area (Å²) in [6.07, 6.45) is 0. The van der Waals surface area contributed by atoms with E-state index in [1.807, 2.05) is 0 Å². The molecule has 0 fully saturated rings. The highest BCUT2D eigenvalue weighted by Crippen LogP contribution is 2.33. The van der Waals surface area contributed by atoms with Crippen molar-refractivity contribution in [2.45, 2.75) is 0 Å². The summed E-state index contributed by atoms with van der Waals surface area (Å²) in [5.74, 6) is -9.31. The minimum atomic E-state index is -1.95. The van der Waals surface area contributed by atoms with Crippen LogP contribution in [0.2, 0.25) is 0 Å². The average Bonchev–Trinajstić information content (AvgIpc) is 2.08. The average molecular weight is 178 g/mol. The van der Waals surface area contributed by atoms with Gasteiger partial charge in [0, 0.05) is 5.57 Å². The lowest BCUT2D eigenvalue weighted by atomic mass is 10.1. The van der Waals surface area contributed by atoms with Gasteiger partial charge in [0.15, 0.2) is 11.7 Å². The molecule has 0 unspecified atom stereocenters. The number of rotatable bonds is 0. The third kappa shape index (κ3) is 0.975. The van der Waals surface area contributed by atoms with Crippen LogP contribution in [0.5, 0.6) is 0 Å². The Bertz CT molecular complexity index is 275.